The fourth-order valence-electron chi connectivity index (χ4n) is 3.47. The number of thioether (sulfide) groups is 1. The van der Waals surface area contributed by atoms with Gasteiger partial charge in [-0.1, -0.05) is 60.7 Å². The van der Waals surface area contributed by atoms with Crippen LogP contribution in [0.5, 0.6) is 5.75 Å². The first kappa shape index (κ1) is 18.3. The first-order chi connectivity index (χ1) is 13.6. The average Bonchev–Trinajstić information content (AvgIpc) is 3.05. The SMILES string of the molecule is C/C(=N\NC(=O)CSC1c2ccccc2-c2ccccc21)c1ccccc1O. The van der Waals surface area contributed by atoms with Gasteiger partial charge >= 0.3 is 0 Å². The summed E-state index contributed by atoms with van der Waals surface area (Å²) in [5, 5.41) is 14.2. The lowest BCUT2D eigenvalue weighted by Crippen LogP contribution is -2.21. The second-order valence-electron chi connectivity index (χ2n) is 6.61. The molecule has 1 amide bonds. The Labute approximate surface area is 168 Å². The number of hydrazone groups is 1. The molecule has 0 aliphatic heterocycles. The van der Waals surface area contributed by atoms with E-state index < -0.39 is 0 Å². The van der Waals surface area contributed by atoms with E-state index >= 15 is 0 Å². The lowest BCUT2D eigenvalue weighted by molar-refractivity contribution is -0.118. The molecule has 4 nitrogen and oxygen atoms in total. The quantitative estimate of drug-likeness (QED) is 0.490. The van der Waals surface area contributed by atoms with E-state index in [0.717, 1.165) is 0 Å². The second kappa shape index (κ2) is 7.90. The van der Waals surface area contributed by atoms with Crippen molar-refractivity contribution in [2.45, 2.75) is 12.2 Å². The van der Waals surface area contributed by atoms with Gasteiger partial charge in [0.25, 0.3) is 0 Å². The van der Waals surface area contributed by atoms with Gasteiger partial charge in [0.05, 0.1) is 16.7 Å². The number of para-hydroxylation sites is 1. The van der Waals surface area contributed by atoms with Crippen LogP contribution in [-0.2, 0) is 4.79 Å². The minimum absolute atomic E-state index is 0.140. The molecule has 0 saturated carbocycles. The summed E-state index contributed by atoms with van der Waals surface area (Å²) in [5.41, 5.74) is 8.74. The first-order valence-corrected chi connectivity index (χ1v) is 10.1. The Balaban J connectivity index is 1.44. The van der Waals surface area contributed by atoms with Crippen molar-refractivity contribution in [1.29, 1.82) is 0 Å². The molecule has 3 aromatic rings. The van der Waals surface area contributed by atoms with Gasteiger partial charge in [-0.25, -0.2) is 5.43 Å². The Morgan fingerprint density at radius 2 is 1.54 bits per heavy atom. The third-order valence-electron chi connectivity index (χ3n) is 4.80. The molecule has 28 heavy (non-hydrogen) atoms. The Morgan fingerprint density at radius 3 is 2.18 bits per heavy atom. The molecule has 0 atom stereocenters. The highest BCUT2D eigenvalue weighted by Gasteiger charge is 2.28. The highest BCUT2D eigenvalue weighted by Crippen LogP contribution is 2.49. The minimum Gasteiger partial charge on any atom is -0.507 e. The molecule has 0 radical (unpaired) electrons. The van der Waals surface area contributed by atoms with E-state index in [1.165, 1.54) is 22.3 Å². The lowest BCUT2D eigenvalue weighted by atomic mass is 10.1. The molecule has 4 rings (SSSR count). The number of fused-ring (bicyclic) bond motifs is 3. The molecule has 1 aliphatic rings. The van der Waals surface area contributed by atoms with Gasteiger partial charge in [0.2, 0.25) is 5.91 Å². The highest BCUT2D eigenvalue weighted by molar-refractivity contribution is 8.00. The molecule has 0 heterocycles. The van der Waals surface area contributed by atoms with Crippen LogP contribution in [0.25, 0.3) is 11.1 Å². The third kappa shape index (κ3) is 3.53. The number of nitrogens with one attached hydrogen (secondary N) is 1. The van der Waals surface area contributed by atoms with Crippen molar-refractivity contribution in [2.24, 2.45) is 5.10 Å². The molecule has 5 heteroatoms. The largest absolute Gasteiger partial charge is 0.507 e. The smallest absolute Gasteiger partial charge is 0.250 e. The summed E-state index contributed by atoms with van der Waals surface area (Å²) in [6, 6.07) is 23.6. The molecule has 0 aromatic heterocycles. The maximum Gasteiger partial charge on any atom is 0.250 e. The maximum absolute atomic E-state index is 12.3. The summed E-state index contributed by atoms with van der Waals surface area (Å²) in [4.78, 5) is 12.3. The van der Waals surface area contributed by atoms with E-state index in [0.29, 0.717) is 17.0 Å². The van der Waals surface area contributed by atoms with Crippen LogP contribution in [0.3, 0.4) is 0 Å². The number of benzene rings is 3. The maximum atomic E-state index is 12.3. The van der Waals surface area contributed by atoms with Crippen molar-refractivity contribution >= 4 is 23.4 Å². The molecule has 0 bridgehead atoms. The molecular weight excluding hydrogens is 368 g/mol. The molecular formula is C23H20N2O2S. The number of nitrogens with zero attached hydrogens (tertiary/aromatic N) is 1. The van der Waals surface area contributed by atoms with Crippen molar-refractivity contribution in [3.8, 4) is 16.9 Å². The Morgan fingerprint density at radius 1 is 0.964 bits per heavy atom. The average molecular weight is 388 g/mol. The summed E-state index contributed by atoms with van der Waals surface area (Å²) < 4.78 is 0. The number of carbonyl (C=O) groups excluding carboxylic acids is 1. The van der Waals surface area contributed by atoms with Gasteiger partial charge in [0, 0.05) is 5.56 Å². The Bertz CT molecular complexity index is 1020. The zero-order valence-corrected chi connectivity index (χ0v) is 16.2. The van der Waals surface area contributed by atoms with E-state index in [1.807, 2.05) is 30.3 Å². The molecule has 0 unspecified atom stereocenters. The number of phenolic OH excluding ortho intramolecular Hbond substituents is 1. The monoisotopic (exact) mass is 388 g/mol. The normalized spacial score (nSPS) is 13.1. The molecule has 3 aromatic carbocycles. The van der Waals surface area contributed by atoms with Crippen LogP contribution in [0.15, 0.2) is 77.9 Å². The van der Waals surface area contributed by atoms with Crippen LogP contribution in [0.1, 0.15) is 28.9 Å². The van der Waals surface area contributed by atoms with Gasteiger partial charge in [0.15, 0.2) is 0 Å². The Kier molecular flexibility index (Phi) is 5.17. The van der Waals surface area contributed by atoms with Gasteiger partial charge in [-0.3, -0.25) is 4.79 Å². The van der Waals surface area contributed by atoms with E-state index in [2.05, 4.69) is 34.8 Å². The summed E-state index contributed by atoms with van der Waals surface area (Å²) in [5.74, 6) is 0.276. The van der Waals surface area contributed by atoms with Crippen LogP contribution in [0.4, 0.5) is 0 Å². The summed E-state index contributed by atoms with van der Waals surface area (Å²) in [6.45, 7) is 1.76. The van der Waals surface area contributed by atoms with Crippen LogP contribution in [0, 0.1) is 0 Å². The molecule has 0 saturated heterocycles. The number of amides is 1. The number of rotatable bonds is 5. The van der Waals surface area contributed by atoms with Gasteiger partial charge in [0.1, 0.15) is 5.75 Å². The van der Waals surface area contributed by atoms with Crippen molar-refractivity contribution < 1.29 is 9.90 Å². The van der Waals surface area contributed by atoms with E-state index in [4.69, 9.17) is 0 Å². The number of carbonyl (C=O) groups is 1. The van der Waals surface area contributed by atoms with Crippen LogP contribution < -0.4 is 5.43 Å². The van der Waals surface area contributed by atoms with Crippen molar-refractivity contribution in [1.82, 2.24) is 5.43 Å². The highest BCUT2D eigenvalue weighted by atomic mass is 32.2. The number of phenols is 1. The molecule has 2 N–H and O–H groups in total. The predicted octanol–water partition coefficient (Wildman–Crippen LogP) is 4.74. The van der Waals surface area contributed by atoms with Crippen LogP contribution in [0.2, 0.25) is 0 Å². The van der Waals surface area contributed by atoms with Crippen LogP contribution in [-0.4, -0.2) is 22.5 Å². The van der Waals surface area contributed by atoms with Gasteiger partial charge < -0.3 is 5.11 Å². The Hall–Kier alpha value is -3.05. The van der Waals surface area contributed by atoms with E-state index in [9.17, 15) is 9.90 Å². The number of hydrogen-bond donors (Lipinski definition) is 2. The second-order valence-corrected chi connectivity index (χ2v) is 7.71. The zero-order chi connectivity index (χ0) is 19.5. The number of aromatic hydroxyl groups is 1. The lowest BCUT2D eigenvalue weighted by Gasteiger charge is -2.12. The number of hydrogen-bond acceptors (Lipinski definition) is 4. The fourth-order valence-corrected chi connectivity index (χ4v) is 4.62. The van der Waals surface area contributed by atoms with E-state index in [1.54, 1.807) is 36.9 Å². The fraction of sp³-hybridized carbons (Fsp3) is 0.130. The predicted molar refractivity (Wildman–Crippen MR) is 115 cm³/mol. The van der Waals surface area contributed by atoms with Crippen molar-refractivity contribution in [3.05, 3.63) is 89.5 Å². The molecule has 1 aliphatic carbocycles. The summed E-state index contributed by atoms with van der Waals surface area (Å²) >= 11 is 1.60. The standard InChI is InChI=1S/C23H20N2O2S/c1-15(16-8-6-7-13-21(16)26)24-25-22(27)14-28-23-19-11-4-2-9-17(19)18-10-3-5-12-20(18)23/h2-13,23,26H,14H2,1H3,(H,25,27)/b24-15+. The first-order valence-electron chi connectivity index (χ1n) is 9.06. The molecule has 140 valence electrons. The van der Waals surface area contributed by atoms with Gasteiger partial charge in [-0.2, -0.15) is 5.10 Å². The van der Waals surface area contributed by atoms with E-state index in [-0.39, 0.29) is 16.9 Å². The summed E-state index contributed by atoms with van der Waals surface area (Å²) in [7, 11) is 0. The van der Waals surface area contributed by atoms with Gasteiger partial charge in [-0.15, -0.1) is 11.8 Å². The third-order valence-corrected chi connectivity index (χ3v) is 6.07. The van der Waals surface area contributed by atoms with Gasteiger partial charge in [-0.05, 0) is 41.3 Å². The van der Waals surface area contributed by atoms with Crippen molar-refractivity contribution in [3.63, 3.8) is 0 Å². The molecule has 0 spiro atoms. The minimum atomic E-state index is -0.165. The topological polar surface area (TPSA) is 61.7 Å². The summed E-state index contributed by atoms with van der Waals surface area (Å²) in [6.07, 6.45) is 0. The van der Waals surface area contributed by atoms with Crippen molar-refractivity contribution in [2.75, 3.05) is 5.75 Å². The molecule has 0 fully saturated rings. The van der Waals surface area contributed by atoms with Crippen LogP contribution >= 0.6 is 11.8 Å². The zero-order valence-electron chi connectivity index (χ0n) is 15.4.